The van der Waals surface area contributed by atoms with Gasteiger partial charge < -0.3 is 48.2 Å². The summed E-state index contributed by atoms with van der Waals surface area (Å²) < 4.78 is 14.5. The van der Waals surface area contributed by atoms with Crippen LogP contribution in [-0.4, -0.2) is 148 Å². The highest BCUT2D eigenvalue weighted by atomic mass is 16.5. The third-order valence-corrected chi connectivity index (χ3v) is 11.9. The molecule has 1 aliphatic rings. The average Bonchev–Trinajstić information content (AvgIpc) is 4.07. The fraction of sp³-hybridized carbons (Fsp3) is 0.385. The summed E-state index contributed by atoms with van der Waals surface area (Å²) in [5.74, 6) is 1.78. The second-order valence-corrected chi connectivity index (χ2v) is 18.9. The molecule has 1 aliphatic heterocycles. The van der Waals surface area contributed by atoms with Crippen LogP contribution in [0, 0.1) is 0 Å². The van der Waals surface area contributed by atoms with E-state index in [-0.39, 0.29) is 0 Å². The van der Waals surface area contributed by atoms with Crippen molar-refractivity contribution >= 4 is 23.3 Å². The number of aromatic amines is 4. The molecule has 6 aromatic rings. The van der Waals surface area contributed by atoms with Gasteiger partial charge >= 0.3 is 0 Å². The first kappa shape index (κ1) is 44.5. The molecule has 0 radical (unpaired) electrons. The highest BCUT2D eigenvalue weighted by Crippen LogP contribution is 2.25. The maximum Gasteiger partial charge on any atom is 0.119 e. The van der Waals surface area contributed by atoms with E-state index in [1.54, 1.807) is 0 Å². The van der Waals surface area contributed by atoms with Crippen LogP contribution in [0.4, 0.5) is 0 Å². The van der Waals surface area contributed by atoms with Gasteiger partial charge in [0.15, 0.2) is 0 Å². The number of H-pyrrole nitrogens is 4. The van der Waals surface area contributed by atoms with E-state index in [0.717, 1.165) is 126 Å². The Morgan fingerprint density at radius 2 is 0.823 bits per heavy atom. The molecule has 2 aromatic carbocycles. The van der Waals surface area contributed by atoms with Crippen LogP contribution in [0.3, 0.4) is 0 Å². The molecule has 0 aliphatic carbocycles. The minimum Gasteiger partial charge on any atom is -0.493 e. The van der Waals surface area contributed by atoms with Crippen molar-refractivity contribution in [2.45, 2.75) is 25.7 Å². The van der Waals surface area contributed by atoms with E-state index in [1.807, 2.05) is 0 Å². The van der Waals surface area contributed by atoms with Crippen molar-refractivity contribution in [3.8, 4) is 11.5 Å². The monoisotopic (exact) mass is 839 g/mol. The molecule has 7 rings (SSSR count). The second-order valence-electron chi connectivity index (χ2n) is 18.9. The fourth-order valence-corrected chi connectivity index (χ4v) is 8.47. The van der Waals surface area contributed by atoms with Crippen molar-refractivity contribution in [2.24, 2.45) is 0 Å². The van der Waals surface area contributed by atoms with E-state index >= 15 is 0 Å². The summed E-state index contributed by atoms with van der Waals surface area (Å²) in [6.45, 7) is 8.18. The Labute approximate surface area is 368 Å². The van der Waals surface area contributed by atoms with Gasteiger partial charge in [0, 0.05) is 94.1 Å². The number of nitrogens with one attached hydrogen (secondary N) is 4. The predicted molar refractivity (Wildman–Crippen MR) is 255 cm³/mol. The zero-order valence-electron chi connectivity index (χ0n) is 38.5. The van der Waals surface area contributed by atoms with Crippen LogP contribution in [-0.2, 0) is 0 Å². The van der Waals surface area contributed by atoms with Crippen molar-refractivity contribution in [2.75, 3.05) is 109 Å². The number of fused-ring (bicyclic) bond motifs is 8. The van der Waals surface area contributed by atoms with Gasteiger partial charge in [-0.25, -0.2) is 0 Å². The first-order chi connectivity index (χ1) is 29.8. The number of quaternary nitrogens is 2. The topological polar surface area (TPSA) is 88.1 Å². The van der Waals surface area contributed by atoms with Gasteiger partial charge in [0.2, 0.25) is 0 Å². The van der Waals surface area contributed by atoms with E-state index in [0.29, 0.717) is 13.2 Å². The molecule has 0 fully saturated rings. The summed E-state index contributed by atoms with van der Waals surface area (Å²) in [6.07, 6.45) is 8.76. The summed E-state index contributed by atoms with van der Waals surface area (Å²) in [7, 11) is 17.8. The van der Waals surface area contributed by atoms with Gasteiger partial charge in [0.05, 0.1) is 67.6 Å². The number of hydrogen-bond donors (Lipinski definition) is 4. The van der Waals surface area contributed by atoms with Gasteiger partial charge in [-0.1, -0.05) is 24.3 Å². The molecule has 4 aromatic heterocycles. The lowest BCUT2D eigenvalue weighted by molar-refractivity contribution is -0.890. The summed E-state index contributed by atoms with van der Waals surface area (Å²) in [5.41, 5.74) is 8.50. The van der Waals surface area contributed by atoms with Crippen LogP contribution in [0.25, 0.3) is 23.3 Å². The van der Waals surface area contributed by atoms with Gasteiger partial charge in [0.1, 0.15) is 11.5 Å². The molecule has 0 atom stereocenters. The molecule has 5 heterocycles. The summed E-state index contributed by atoms with van der Waals surface area (Å²) in [5, 5.41) is 4.09. The quantitative estimate of drug-likeness (QED) is 0.0640. The van der Waals surface area contributed by atoms with Crippen molar-refractivity contribution in [1.82, 2.24) is 29.7 Å². The van der Waals surface area contributed by atoms with E-state index in [9.17, 15) is 0 Å². The molecule has 0 amide bonds. The molecule has 8 bridgehead atoms. The molecule has 0 saturated heterocycles. The van der Waals surface area contributed by atoms with Gasteiger partial charge in [-0.3, -0.25) is 0 Å². The lowest BCUT2D eigenvalue weighted by Crippen LogP contribution is -2.42. The van der Waals surface area contributed by atoms with Crippen molar-refractivity contribution < 1.29 is 18.4 Å². The highest BCUT2D eigenvalue weighted by Gasteiger charge is 2.17. The Balaban J connectivity index is 1.09. The summed E-state index contributed by atoms with van der Waals surface area (Å²) in [6, 6.07) is 34.3. The standard InChI is InChI=1S/C52H70N8O2/c1-57(2)29-9-31-59(5,6)33-11-35-61-45-21-13-39(14-22-45)51-47-25-17-41(53-47)37-43-19-27-49(55-43)52(50-28-20-44(56-50)38-42-18-26-48(51)54-42)40-15-23-46(24-16-40)62-36-12-34-60(7,8)32-10-30-58(3)4/h13-28,37-38,53-56H,9-12,29-36H2,1-8H3/q+2. The smallest absolute Gasteiger partial charge is 0.119 e. The zero-order chi connectivity index (χ0) is 43.7. The Kier molecular flexibility index (Phi) is 14.4. The van der Waals surface area contributed by atoms with Crippen molar-refractivity contribution in [1.29, 1.82) is 0 Å². The normalized spacial score (nSPS) is 13.1. The molecule has 10 nitrogen and oxygen atoms in total. The van der Waals surface area contributed by atoms with Gasteiger partial charge in [0.25, 0.3) is 0 Å². The van der Waals surface area contributed by atoms with Crippen LogP contribution in [0.15, 0.2) is 97.1 Å². The van der Waals surface area contributed by atoms with Gasteiger partial charge in [-0.15, -0.1) is 0 Å². The van der Waals surface area contributed by atoms with E-state index < -0.39 is 0 Å². The Hall–Kier alpha value is -5.52. The maximum atomic E-state index is 6.24. The first-order valence-corrected chi connectivity index (χ1v) is 22.4. The summed E-state index contributed by atoms with van der Waals surface area (Å²) in [4.78, 5) is 19.4. The van der Waals surface area contributed by atoms with E-state index in [4.69, 9.17) is 9.47 Å². The molecule has 62 heavy (non-hydrogen) atoms. The highest BCUT2D eigenvalue weighted by molar-refractivity contribution is 5.79. The molecule has 0 saturated carbocycles. The molecule has 10 heteroatoms. The summed E-state index contributed by atoms with van der Waals surface area (Å²) >= 11 is 0. The number of aromatic nitrogens is 4. The van der Waals surface area contributed by atoms with Gasteiger partial charge in [-0.2, -0.15) is 0 Å². The Morgan fingerprint density at radius 3 is 1.21 bits per heavy atom. The first-order valence-electron chi connectivity index (χ1n) is 22.4. The van der Waals surface area contributed by atoms with Gasteiger partial charge in [-0.05, 0) is 124 Å². The molecule has 0 unspecified atom stereocenters. The third-order valence-electron chi connectivity index (χ3n) is 11.9. The Bertz CT molecular complexity index is 2420. The van der Waals surface area contributed by atoms with Crippen molar-refractivity contribution in [3.63, 3.8) is 0 Å². The lowest BCUT2D eigenvalue weighted by Gasteiger charge is -2.30. The van der Waals surface area contributed by atoms with Crippen LogP contribution in [0.2, 0.25) is 0 Å². The van der Waals surface area contributed by atoms with Crippen molar-refractivity contribution in [3.05, 3.63) is 152 Å². The zero-order valence-corrected chi connectivity index (χ0v) is 38.5. The number of ether oxygens (including phenoxy) is 2. The number of hydrogen-bond acceptors (Lipinski definition) is 4. The number of benzene rings is 2. The van der Waals surface area contributed by atoms with E-state index in [2.05, 4.69) is 195 Å². The minimum absolute atomic E-state index is 0.703. The molecule has 328 valence electrons. The van der Waals surface area contributed by atoms with Crippen LogP contribution in [0.1, 0.15) is 59.6 Å². The number of rotatable bonds is 20. The molecule has 0 spiro atoms. The van der Waals surface area contributed by atoms with Crippen LogP contribution < -0.4 is 30.9 Å². The maximum absolute atomic E-state index is 6.24. The second kappa shape index (κ2) is 20.1. The van der Waals surface area contributed by atoms with E-state index in [1.165, 1.54) is 25.9 Å². The lowest BCUT2D eigenvalue weighted by atomic mass is 10.0. The Morgan fingerprint density at radius 1 is 0.435 bits per heavy atom. The molecular weight excluding hydrogens is 769 g/mol. The molecule has 4 N–H and O–H groups in total. The van der Waals surface area contributed by atoms with Crippen LogP contribution in [0.5, 0.6) is 11.5 Å². The average molecular weight is 839 g/mol. The molecular formula is C52H70N8O2+2. The van der Waals surface area contributed by atoms with Crippen LogP contribution >= 0.6 is 0 Å². The number of nitrogens with zero attached hydrogens (tertiary/aromatic N) is 4. The minimum atomic E-state index is 0.703. The predicted octanol–water partition coefficient (Wildman–Crippen LogP) is 5.06. The SMILES string of the molecule is CN(C)CCC[N+](C)(C)CCCOc1ccc(C2=c3ccc([nH]3)=Cc3ccc([nH]3)C(c3ccc(OCCC[N+](C)(C)CCCN(C)C)cc3)=c3ccc([nH]3)=Cc3ccc2[nH]3)cc1. The largest absolute Gasteiger partial charge is 0.493 e. The third kappa shape index (κ3) is 12.3. The fourth-order valence-electron chi connectivity index (χ4n) is 8.47.